The molecule has 1 atom stereocenters. The molecule has 3 rings (SSSR count). The number of aromatic nitrogens is 1. The molecule has 1 fully saturated rings. The summed E-state index contributed by atoms with van der Waals surface area (Å²) in [5.74, 6) is 0.567. The van der Waals surface area contributed by atoms with E-state index in [0.717, 1.165) is 31.9 Å². The Morgan fingerprint density at radius 2 is 1.80 bits per heavy atom. The fraction of sp³-hybridized carbons (Fsp3) is 0.522. The molecule has 1 aliphatic carbocycles. The SMILES string of the molecule is CCc1cccn(C(CNS(C)(=O)=O)COC2CCC(c3ccccc3)CC2)c1=O. The molecular formula is C23H32N2O4S. The van der Waals surface area contributed by atoms with Gasteiger partial charge in [-0.25, -0.2) is 13.1 Å². The Labute approximate surface area is 179 Å². The lowest BCUT2D eigenvalue weighted by Gasteiger charge is -2.30. The molecule has 1 aromatic carbocycles. The van der Waals surface area contributed by atoms with Gasteiger partial charge in [-0.15, -0.1) is 0 Å². The van der Waals surface area contributed by atoms with E-state index in [-0.39, 0.29) is 24.2 Å². The second kappa shape index (κ2) is 10.4. The first-order chi connectivity index (χ1) is 14.4. The van der Waals surface area contributed by atoms with Crippen LogP contribution in [0.5, 0.6) is 0 Å². The van der Waals surface area contributed by atoms with Crippen LogP contribution >= 0.6 is 0 Å². The monoisotopic (exact) mass is 432 g/mol. The molecule has 1 aliphatic rings. The van der Waals surface area contributed by atoms with Gasteiger partial charge in [0.05, 0.1) is 25.0 Å². The lowest BCUT2D eigenvalue weighted by atomic mass is 9.83. The van der Waals surface area contributed by atoms with Crippen molar-refractivity contribution in [2.45, 2.75) is 57.1 Å². The average Bonchev–Trinajstić information content (AvgIpc) is 2.75. The van der Waals surface area contributed by atoms with E-state index in [2.05, 4.69) is 29.0 Å². The summed E-state index contributed by atoms with van der Waals surface area (Å²) in [7, 11) is -3.36. The molecule has 0 saturated heterocycles. The Hall–Kier alpha value is -1.96. The Kier molecular flexibility index (Phi) is 7.86. The lowest BCUT2D eigenvalue weighted by Crippen LogP contribution is -2.38. The molecule has 6 nitrogen and oxygen atoms in total. The van der Waals surface area contributed by atoms with Gasteiger partial charge < -0.3 is 9.30 Å². The van der Waals surface area contributed by atoms with E-state index < -0.39 is 10.0 Å². The van der Waals surface area contributed by atoms with Crippen LogP contribution in [-0.4, -0.2) is 38.5 Å². The summed E-state index contributed by atoms with van der Waals surface area (Å²) in [6.07, 6.45) is 7.70. The maximum Gasteiger partial charge on any atom is 0.254 e. The van der Waals surface area contributed by atoms with E-state index in [4.69, 9.17) is 4.74 Å². The van der Waals surface area contributed by atoms with Gasteiger partial charge in [-0.05, 0) is 49.7 Å². The molecular weight excluding hydrogens is 400 g/mol. The molecule has 1 saturated carbocycles. The summed E-state index contributed by atoms with van der Waals surface area (Å²) in [5, 5.41) is 0. The molecule has 0 amide bonds. The maximum atomic E-state index is 12.7. The predicted molar refractivity (Wildman–Crippen MR) is 119 cm³/mol. The van der Waals surface area contributed by atoms with Crippen LogP contribution in [0.2, 0.25) is 0 Å². The summed E-state index contributed by atoms with van der Waals surface area (Å²) < 4.78 is 33.5. The molecule has 0 radical (unpaired) electrons. The van der Waals surface area contributed by atoms with Crippen molar-refractivity contribution >= 4 is 10.0 Å². The molecule has 0 spiro atoms. The zero-order chi connectivity index (χ0) is 21.6. The Bertz CT molecular complexity index is 964. The topological polar surface area (TPSA) is 77.4 Å². The standard InChI is InChI=1S/C23H32N2O4S/c1-3-18-10-7-15-25(23(18)26)21(16-24-30(2,27)28)17-29-22-13-11-20(12-14-22)19-8-5-4-6-9-19/h4-10,15,20-22,24H,3,11-14,16-17H2,1-2H3. The summed E-state index contributed by atoms with van der Waals surface area (Å²) in [6.45, 7) is 2.37. The van der Waals surface area contributed by atoms with Gasteiger partial charge in [0.25, 0.3) is 5.56 Å². The second-order valence-electron chi connectivity index (χ2n) is 8.09. The van der Waals surface area contributed by atoms with Crippen LogP contribution < -0.4 is 10.3 Å². The summed E-state index contributed by atoms with van der Waals surface area (Å²) in [4.78, 5) is 12.7. The average molecular weight is 433 g/mol. The number of hydrogen-bond donors (Lipinski definition) is 1. The van der Waals surface area contributed by atoms with Crippen LogP contribution in [0, 0.1) is 0 Å². The van der Waals surface area contributed by atoms with Crippen molar-refractivity contribution in [1.82, 2.24) is 9.29 Å². The highest BCUT2D eigenvalue weighted by atomic mass is 32.2. The van der Waals surface area contributed by atoms with Crippen molar-refractivity contribution in [3.63, 3.8) is 0 Å². The van der Waals surface area contributed by atoms with Crippen LogP contribution in [0.25, 0.3) is 0 Å². The smallest absolute Gasteiger partial charge is 0.254 e. The molecule has 1 N–H and O–H groups in total. The lowest BCUT2D eigenvalue weighted by molar-refractivity contribution is 0.00733. The van der Waals surface area contributed by atoms with Gasteiger partial charge in [-0.1, -0.05) is 43.3 Å². The molecule has 1 heterocycles. The first-order valence-corrected chi connectivity index (χ1v) is 12.6. The largest absolute Gasteiger partial charge is 0.376 e. The van der Waals surface area contributed by atoms with E-state index in [1.165, 1.54) is 5.56 Å². The maximum absolute atomic E-state index is 12.7. The Balaban J connectivity index is 1.63. The molecule has 1 aromatic heterocycles. The molecule has 7 heteroatoms. The Morgan fingerprint density at radius 1 is 1.10 bits per heavy atom. The van der Waals surface area contributed by atoms with Crippen molar-refractivity contribution in [2.24, 2.45) is 0 Å². The minimum absolute atomic E-state index is 0.0864. The fourth-order valence-electron chi connectivity index (χ4n) is 4.13. The normalized spacial score (nSPS) is 20.7. The molecule has 0 aliphatic heterocycles. The molecule has 1 unspecified atom stereocenters. The first-order valence-electron chi connectivity index (χ1n) is 10.7. The van der Waals surface area contributed by atoms with E-state index >= 15 is 0 Å². The summed E-state index contributed by atoms with van der Waals surface area (Å²) >= 11 is 0. The van der Waals surface area contributed by atoms with Gasteiger partial charge in [0.2, 0.25) is 10.0 Å². The zero-order valence-electron chi connectivity index (χ0n) is 17.8. The van der Waals surface area contributed by atoms with Gasteiger partial charge in [-0.2, -0.15) is 0 Å². The van der Waals surface area contributed by atoms with Crippen LogP contribution in [0.4, 0.5) is 0 Å². The molecule has 164 valence electrons. The predicted octanol–water partition coefficient (Wildman–Crippen LogP) is 3.24. The van der Waals surface area contributed by atoms with Gasteiger partial charge in [0.1, 0.15) is 0 Å². The van der Waals surface area contributed by atoms with Crippen molar-refractivity contribution in [1.29, 1.82) is 0 Å². The van der Waals surface area contributed by atoms with E-state index in [0.29, 0.717) is 24.5 Å². The number of rotatable bonds is 9. The van der Waals surface area contributed by atoms with Crippen molar-refractivity contribution in [3.8, 4) is 0 Å². The number of hydrogen-bond acceptors (Lipinski definition) is 4. The van der Waals surface area contributed by atoms with Crippen LogP contribution in [0.15, 0.2) is 53.5 Å². The van der Waals surface area contributed by atoms with Crippen LogP contribution in [-0.2, 0) is 21.2 Å². The molecule has 0 bridgehead atoms. The quantitative estimate of drug-likeness (QED) is 0.660. The highest BCUT2D eigenvalue weighted by Gasteiger charge is 2.24. The summed E-state index contributed by atoms with van der Waals surface area (Å²) in [6, 6.07) is 13.8. The van der Waals surface area contributed by atoms with E-state index in [1.807, 2.05) is 25.1 Å². The van der Waals surface area contributed by atoms with E-state index in [9.17, 15) is 13.2 Å². The number of nitrogens with one attached hydrogen (secondary N) is 1. The Morgan fingerprint density at radius 3 is 2.43 bits per heavy atom. The third-order valence-corrected chi connectivity index (χ3v) is 6.57. The van der Waals surface area contributed by atoms with Crippen molar-refractivity contribution in [2.75, 3.05) is 19.4 Å². The minimum atomic E-state index is -3.36. The molecule has 30 heavy (non-hydrogen) atoms. The van der Waals surface area contributed by atoms with Gasteiger partial charge in [0.15, 0.2) is 0 Å². The highest BCUT2D eigenvalue weighted by Crippen LogP contribution is 2.34. The summed E-state index contributed by atoms with van der Waals surface area (Å²) in [5.41, 5.74) is 2.01. The second-order valence-corrected chi connectivity index (χ2v) is 9.92. The molecule has 2 aromatic rings. The van der Waals surface area contributed by atoms with Crippen molar-refractivity contribution in [3.05, 3.63) is 70.1 Å². The van der Waals surface area contributed by atoms with Crippen molar-refractivity contribution < 1.29 is 13.2 Å². The number of sulfonamides is 1. The van der Waals surface area contributed by atoms with Gasteiger partial charge >= 0.3 is 0 Å². The third-order valence-electron chi connectivity index (χ3n) is 5.88. The number of benzene rings is 1. The minimum Gasteiger partial charge on any atom is -0.376 e. The number of nitrogens with zero attached hydrogens (tertiary/aromatic N) is 1. The van der Waals surface area contributed by atoms with Crippen LogP contribution in [0.1, 0.15) is 55.7 Å². The fourth-order valence-corrected chi connectivity index (χ4v) is 4.63. The first kappa shape index (κ1) is 22.7. The number of pyridine rings is 1. The highest BCUT2D eigenvalue weighted by molar-refractivity contribution is 7.88. The van der Waals surface area contributed by atoms with Gasteiger partial charge in [0, 0.05) is 18.3 Å². The van der Waals surface area contributed by atoms with E-state index in [1.54, 1.807) is 10.8 Å². The van der Waals surface area contributed by atoms with Crippen LogP contribution in [0.3, 0.4) is 0 Å². The number of aryl methyl sites for hydroxylation is 1. The number of ether oxygens (including phenoxy) is 1. The third kappa shape index (κ3) is 6.27. The zero-order valence-corrected chi connectivity index (χ0v) is 18.6. The van der Waals surface area contributed by atoms with Gasteiger partial charge in [-0.3, -0.25) is 4.79 Å².